The van der Waals surface area contributed by atoms with E-state index in [0.717, 1.165) is 49.3 Å². The number of pyridine rings is 1. The molecule has 2 aromatic carbocycles. The molecule has 0 atom stereocenters. The van der Waals surface area contributed by atoms with E-state index < -0.39 is 6.36 Å². The van der Waals surface area contributed by atoms with Crippen LogP contribution in [0.5, 0.6) is 5.75 Å². The zero-order chi connectivity index (χ0) is 23.0. The average Bonchev–Trinajstić information content (AvgIpc) is 3.15. The monoisotopic (exact) mass is 474 g/mol. The summed E-state index contributed by atoms with van der Waals surface area (Å²) in [5, 5.41) is 5.49. The van der Waals surface area contributed by atoms with E-state index in [-0.39, 0.29) is 5.75 Å². The number of halogens is 4. The van der Waals surface area contributed by atoms with Gasteiger partial charge in [0, 0.05) is 55.6 Å². The first-order valence-electron chi connectivity index (χ1n) is 10.8. The highest BCUT2D eigenvalue weighted by Crippen LogP contribution is 2.33. The molecule has 0 spiro atoms. The predicted molar refractivity (Wildman–Crippen MR) is 124 cm³/mol. The molecule has 0 amide bonds. The number of hydrogen-bond acceptors (Lipinski definition) is 4. The highest BCUT2D eigenvalue weighted by atomic mass is 35.5. The van der Waals surface area contributed by atoms with Gasteiger partial charge in [0.25, 0.3) is 0 Å². The Morgan fingerprint density at radius 3 is 2.58 bits per heavy atom. The summed E-state index contributed by atoms with van der Waals surface area (Å²) in [5.74, 6) is -0.240. The molecule has 9 heteroatoms. The molecule has 0 radical (unpaired) electrons. The largest absolute Gasteiger partial charge is 0.573 e. The van der Waals surface area contributed by atoms with Crippen molar-refractivity contribution in [1.82, 2.24) is 19.8 Å². The minimum absolute atomic E-state index is 0.240. The van der Waals surface area contributed by atoms with Crippen LogP contribution in [0, 0.1) is 0 Å². The van der Waals surface area contributed by atoms with Crippen molar-refractivity contribution in [3.8, 4) is 17.1 Å². The molecule has 2 aromatic heterocycles. The van der Waals surface area contributed by atoms with Crippen molar-refractivity contribution in [2.24, 2.45) is 0 Å². The van der Waals surface area contributed by atoms with Crippen LogP contribution < -0.4 is 10.1 Å². The molecular formula is C24H22ClF3N4O. The second-order valence-corrected chi connectivity index (χ2v) is 8.46. The number of benzene rings is 2. The van der Waals surface area contributed by atoms with Gasteiger partial charge in [-0.1, -0.05) is 29.8 Å². The van der Waals surface area contributed by atoms with Gasteiger partial charge >= 0.3 is 6.36 Å². The van der Waals surface area contributed by atoms with Gasteiger partial charge < -0.3 is 14.6 Å². The Kier molecular flexibility index (Phi) is 5.90. The normalized spacial score (nSPS) is 15.4. The van der Waals surface area contributed by atoms with E-state index in [2.05, 4.69) is 19.5 Å². The average molecular weight is 475 g/mol. The molecule has 1 aliphatic rings. The Morgan fingerprint density at radius 2 is 1.79 bits per heavy atom. The summed E-state index contributed by atoms with van der Waals surface area (Å²) in [6.45, 7) is 5.32. The van der Waals surface area contributed by atoms with E-state index in [1.807, 2.05) is 30.3 Å². The lowest BCUT2D eigenvalue weighted by Crippen LogP contribution is -2.44. The number of aromatic nitrogens is 2. The Labute approximate surface area is 193 Å². The Bertz CT molecular complexity index is 1300. The number of hydrogen-bond donors (Lipinski definition) is 1. The van der Waals surface area contributed by atoms with Crippen molar-refractivity contribution in [3.63, 3.8) is 0 Å². The van der Waals surface area contributed by atoms with Crippen molar-refractivity contribution < 1.29 is 17.9 Å². The number of fused-ring (bicyclic) bond motifs is 2. The first-order chi connectivity index (χ1) is 15.9. The topological polar surface area (TPSA) is 42.3 Å². The van der Waals surface area contributed by atoms with E-state index in [1.165, 1.54) is 12.1 Å². The SMILES string of the molecule is FC(F)(F)Oc1ccc2c(c1)cc(-c1ccc3cccc(Cl)c3n1)n2CCN1CCNCC1. The van der Waals surface area contributed by atoms with Crippen LogP contribution in [0.4, 0.5) is 13.2 Å². The lowest BCUT2D eigenvalue weighted by atomic mass is 10.1. The summed E-state index contributed by atoms with van der Waals surface area (Å²) in [6.07, 6.45) is -4.74. The lowest BCUT2D eigenvalue weighted by molar-refractivity contribution is -0.274. The molecule has 1 fully saturated rings. The van der Waals surface area contributed by atoms with Crippen molar-refractivity contribution in [2.45, 2.75) is 12.9 Å². The van der Waals surface area contributed by atoms with Gasteiger partial charge in [-0.05, 0) is 36.4 Å². The molecule has 5 nitrogen and oxygen atoms in total. The van der Waals surface area contributed by atoms with Crippen LogP contribution >= 0.6 is 11.6 Å². The maximum Gasteiger partial charge on any atom is 0.573 e. The number of ether oxygens (including phenoxy) is 1. The van der Waals surface area contributed by atoms with Gasteiger partial charge in [-0.2, -0.15) is 0 Å². The number of alkyl halides is 3. The zero-order valence-electron chi connectivity index (χ0n) is 17.7. The number of rotatable bonds is 5. The number of piperazine rings is 1. The van der Waals surface area contributed by atoms with Gasteiger partial charge in [0.2, 0.25) is 0 Å². The summed E-state index contributed by atoms with van der Waals surface area (Å²) in [6, 6.07) is 15.8. The van der Waals surface area contributed by atoms with E-state index in [0.29, 0.717) is 28.2 Å². The minimum Gasteiger partial charge on any atom is -0.406 e. The van der Waals surface area contributed by atoms with Crippen molar-refractivity contribution in [2.75, 3.05) is 32.7 Å². The van der Waals surface area contributed by atoms with Gasteiger partial charge in [0.15, 0.2) is 0 Å². The molecule has 1 N–H and O–H groups in total. The van der Waals surface area contributed by atoms with Gasteiger partial charge in [-0.25, -0.2) is 4.98 Å². The maximum atomic E-state index is 12.7. The quantitative estimate of drug-likeness (QED) is 0.425. The van der Waals surface area contributed by atoms with Gasteiger partial charge in [-0.15, -0.1) is 13.2 Å². The molecule has 3 heterocycles. The second kappa shape index (κ2) is 8.85. The van der Waals surface area contributed by atoms with Crippen LogP contribution in [0.2, 0.25) is 5.02 Å². The van der Waals surface area contributed by atoms with Crippen LogP contribution in [0.1, 0.15) is 0 Å². The Hall–Kier alpha value is -2.81. The highest BCUT2D eigenvalue weighted by Gasteiger charge is 2.31. The third kappa shape index (κ3) is 4.78. The van der Waals surface area contributed by atoms with Gasteiger partial charge in [0.1, 0.15) is 5.75 Å². The predicted octanol–water partition coefficient (Wildman–Crippen LogP) is 5.31. The van der Waals surface area contributed by atoms with Crippen LogP contribution in [0.3, 0.4) is 0 Å². The van der Waals surface area contributed by atoms with Crippen LogP contribution in [0.25, 0.3) is 33.2 Å². The van der Waals surface area contributed by atoms with Crippen molar-refractivity contribution in [1.29, 1.82) is 0 Å². The summed E-state index contributed by atoms with van der Waals surface area (Å²) in [4.78, 5) is 7.16. The Morgan fingerprint density at radius 1 is 0.970 bits per heavy atom. The first-order valence-corrected chi connectivity index (χ1v) is 11.1. The Balaban J connectivity index is 1.58. The standard InChI is InChI=1S/C24H22ClF3N4O/c25-19-3-1-2-16-4-6-20(30-23(16)19)22-15-17-14-18(33-24(26,27)28)5-7-21(17)32(22)13-12-31-10-8-29-9-11-31/h1-7,14-15,29H,8-13H2. The lowest BCUT2D eigenvalue weighted by Gasteiger charge is -2.27. The third-order valence-corrected chi connectivity index (χ3v) is 6.19. The molecule has 0 saturated carbocycles. The van der Waals surface area contributed by atoms with E-state index in [1.54, 1.807) is 12.1 Å². The minimum atomic E-state index is -4.74. The van der Waals surface area contributed by atoms with E-state index in [9.17, 15) is 13.2 Å². The van der Waals surface area contributed by atoms with Crippen LogP contribution in [-0.2, 0) is 6.54 Å². The number of para-hydroxylation sites is 1. The maximum absolute atomic E-state index is 12.7. The van der Waals surface area contributed by atoms with Crippen molar-refractivity contribution >= 4 is 33.4 Å². The number of nitrogens with zero attached hydrogens (tertiary/aromatic N) is 3. The fourth-order valence-electron chi connectivity index (χ4n) is 4.33. The van der Waals surface area contributed by atoms with Crippen molar-refractivity contribution in [3.05, 3.63) is 59.6 Å². The van der Waals surface area contributed by atoms with Gasteiger partial charge in [-0.3, -0.25) is 4.90 Å². The van der Waals surface area contributed by atoms with Crippen LogP contribution in [-0.4, -0.2) is 53.5 Å². The molecule has 33 heavy (non-hydrogen) atoms. The molecule has 1 saturated heterocycles. The molecule has 0 bridgehead atoms. The molecule has 0 unspecified atom stereocenters. The summed E-state index contributed by atoms with van der Waals surface area (Å²) < 4.78 is 44.5. The molecule has 5 rings (SSSR count). The fourth-order valence-corrected chi connectivity index (χ4v) is 4.55. The number of nitrogens with one attached hydrogen (secondary N) is 1. The first kappa shape index (κ1) is 22.0. The molecule has 1 aliphatic heterocycles. The van der Waals surface area contributed by atoms with E-state index in [4.69, 9.17) is 16.6 Å². The molecule has 4 aromatic rings. The summed E-state index contributed by atoms with van der Waals surface area (Å²) in [7, 11) is 0. The molecular weight excluding hydrogens is 453 g/mol. The van der Waals surface area contributed by atoms with E-state index >= 15 is 0 Å². The third-order valence-electron chi connectivity index (χ3n) is 5.89. The van der Waals surface area contributed by atoms with Crippen LogP contribution in [0.15, 0.2) is 54.6 Å². The van der Waals surface area contributed by atoms with Gasteiger partial charge in [0.05, 0.1) is 21.9 Å². The summed E-state index contributed by atoms with van der Waals surface area (Å²) >= 11 is 6.37. The molecule has 0 aliphatic carbocycles. The highest BCUT2D eigenvalue weighted by molar-refractivity contribution is 6.35. The molecule has 172 valence electrons. The summed E-state index contributed by atoms with van der Waals surface area (Å²) in [5.41, 5.74) is 3.06. The smallest absolute Gasteiger partial charge is 0.406 e. The second-order valence-electron chi connectivity index (χ2n) is 8.05. The zero-order valence-corrected chi connectivity index (χ0v) is 18.5. The fraction of sp³-hybridized carbons (Fsp3) is 0.292.